The number of methoxy groups -OCH3 is 2. The largest absolute Gasteiger partial charge is 0.497 e. The molecule has 0 bridgehead atoms. The molecule has 0 N–H and O–H groups in total. The van der Waals surface area contributed by atoms with E-state index >= 15 is 0 Å². The summed E-state index contributed by atoms with van der Waals surface area (Å²) in [7, 11) is 3.03. The van der Waals surface area contributed by atoms with Crippen LogP contribution in [-0.4, -0.2) is 30.2 Å². The molecule has 140 valence electrons. The minimum Gasteiger partial charge on any atom is -0.497 e. The summed E-state index contributed by atoms with van der Waals surface area (Å²) in [5.41, 5.74) is 2.07. The van der Waals surface area contributed by atoms with Gasteiger partial charge in [-0.1, -0.05) is 6.07 Å². The van der Waals surface area contributed by atoms with Crippen molar-refractivity contribution in [2.45, 2.75) is 0 Å². The molecule has 0 unspecified atom stereocenters. The molecule has 7 nitrogen and oxygen atoms in total. The summed E-state index contributed by atoms with van der Waals surface area (Å²) in [6.45, 7) is 0. The van der Waals surface area contributed by atoms with E-state index in [0.29, 0.717) is 45.5 Å². The van der Waals surface area contributed by atoms with Crippen LogP contribution >= 0.6 is 0 Å². The van der Waals surface area contributed by atoms with E-state index in [1.54, 1.807) is 42.6 Å². The number of rotatable bonds is 5. The van der Waals surface area contributed by atoms with E-state index in [1.807, 2.05) is 18.2 Å². The van der Waals surface area contributed by atoms with Gasteiger partial charge in [-0.3, -0.25) is 4.98 Å². The molecule has 4 rings (SSSR count). The Bertz CT molecular complexity index is 1120. The third-order valence-electron chi connectivity index (χ3n) is 4.04. The van der Waals surface area contributed by atoms with E-state index in [2.05, 4.69) is 9.97 Å². The third kappa shape index (κ3) is 3.50. The van der Waals surface area contributed by atoms with Crippen LogP contribution in [0, 0.1) is 0 Å². The maximum absolute atomic E-state index is 12.5. The first-order valence-electron chi connectivity index (χ1n) is 8.43. The van der Waals surface area contributed by atoms with E-state index in [9.17, 15) is 4.79 Å². The molecule has 28 heavy (non-hydrogen) atoms. The first-order valence-corrected chi connectivity index (χ1v) is 8.43. The number of oxazole rings is 1. The van der Waals surface area contributed by atoms with Gasteiger partial charge >= 0.3 is 5.97 Å². The Morgan fingerprint density at radius 2 is 1.71 bits per heavy atom. The molecule has 0 aliphatic carbocycles. The summed E-state index contributed by atoms with van der Waals surface area (Å²) in [4.78, 5) is 21.1. The summed E-state index contributed by atoms with van der Waals surface area (Å²) in [5, 5.41) is 0. The van der Waals surface area contributed by atoms with Gasteiger partial charge in [-0.05, 0) is 36.4 Å². The Hall–Kier alpha value is -3.87. The van der Waals surface area contributed by atoms with Gasteiger partial charge in [0.15, 0.2) is 5.58 Å². The average molecular weight is 376 g/mol. The number of carbonyl (C=O) groups excluding carboxylic acids is 1. The molecule has 0 saturated heterocycles. The fourth-order valence-electron chi connectivity index (χ4n) is 2.66. The number of benzene rings is 2. The van der Waals surface area contributed by atoms with Crippen LogP contribution in [0.2, 0.25) is 0 Å². The van der Waals surface area contributed by atoms with Crippen LogP contribution in [0.15, 0.2) is 65.2 Å². The van der Waals surface area contributed by atoms with Crippen LogP contribution in [0.3, 0.4) is 0 Å². The second kappa shape index (κ2) is 7.40. The summed E-state index contributed by atoms with van der Waals surface area (Å²) < 4.78 is 21.6. The van der Waals surface area contributed by atoms with Gasteiger partial charge in [0.25, 0.3) is 0 Å². The molecule has 7 heteroatoms. The van der Waals surface area contributed by atoms with E-state index in [1.165, 1.54) is 14.2 Å². The minimum absolute atomic E-state index is 0.308. The number of hydrogen-bond donors (Lipinski definition) is 0. The Morgan fingerprint density at radius 3 is 2.39 bits per heavy atom. The van der Waals surface area contributed by atoms with Gasteiger partial charge in [-0.15, -0.1) is 0 Å². The van der Waals surface area contributed by atoms with Crippen LogP contribution < -0.4 is 14.2 Å². The molecule has 0 aliphatic rings. The van der Waals surface area contributed by atoms with Crippen molar-refractivity contribution in [3.05, 3.63) is 66.4 Å². The molecule has 0 saturated carbocycles. The third-order valence-corrected chi connectivity index (χ3v) is 4.04. The highest BCUT2D eigenvalue weighted by molar-refractivity contribution is 5.92. The van der Waals surface area contributed by atoms with E-state index in [4.69, 9.17) is 18.6 Å². The monoisotopic (exact) mass is 376 g/mol. The lowest BCUT2D eigenvalue weighted by Gasteiger charge is -2.08. The topological polar surface area (TPSA) is 83.7 Å². The Kier molecular flexibility index (Phi) is 4.63. The Balaban J connectivity index is 1.60. The lowest BCUT2D eigenvalue weighted by molar-refractivity contribution is 0.0734. The number of ether oxygens (including phenoxy) is 3. The smallest absolute Gasteiger partial charge is 0.343 e. The summed E-state index contributed by atoms with van der Waals surface area (Å²) in [6, 6.07) is 15.3. The molecule has 2 aromatic heterocycles. The number of aromatic nitrogens is 2. The van der Waals surface area contributed by atoms with Crippen LogP contribution in [0.5, 0.6) is 17.2 Å². The first-order chi connectivity index (χ1) is 13.7. The predicted molar refractivity (Wildman–Crippen MR) is 102 cm³/mol. The molecule has 2 aromatic carbocycles. The Labute approximate surface area is 160 Å². The quantitative estimate of drug-likeness (QED) is 0.382. The maximum Gasteiger partial charge on any atom is 0.343 e. The SMILES string of the molecule is COc1cc(OC)cc(C(=O)Oc2ccc3nc(-c4ccccn4)oc3c2)c1. The van der Waals surface area contributed by atoms with Crippen LogP contribution in [-0.2, 0) is 0 Å². The van der Waals surface area contributed by atoms with Crippen molar-refractivity contribution in [1.82, 2.24) is 9.97 Å². The van der Waals surface area contributed by atoms with Gasteiger partial charge in [-0.25, -0.2) is 9.78 Å². The molecule has 0 atom stereocenters. The predicted octanol–water partition coefficient (Wildman–Crippen LogP) is 4.13. The standard InChI is InChI=1S/C21H16N2O5/c1-25-15-9-13(10-16(11-15)26-2)21(24)27-14-6-7-17-19(12-14)28-20(23-17)18-5-3-4-8-22-18/h3-12H,1-2H3. The van der Waals surface area contributed by atoms with Crippen molar-refractivity contribution >= 4 is 17.1 Å². The van der Waals surface area contributed by atoms with Crippen molar-refractivity contribution < 1.29 is 23.4 Å². The second-order valence-electron chi connectivity index (χ2n) is 5.85. The highest BCUT2D eigenvalue weighted by Gasteiger charge is 2.15. The van der Waals surface area contributed by atoms with Crippen LogP contribution in [0.1, 0.15) is 10.4 Å². The summed E-state index contributed by atoms with van der Waals surface area (Å²) in [5.74, 6) is 1.19. The van der Waals surface area contributed by atoms with Gasteiger partial charge in [-0.2, -0.15) is 0 Å². The number of pyridine rings is 1. The zero-order valence-corrected chi connectivity index (χ0v) is 15.2. The fourth-order valence-corrected chi connectivity index (χ4v) is 2.66. The number of carbonyl (C=O) groups is 1. The summed E-state index contributed by atoms with van der Waals surface area (Å²) >= 11 is 0. The van der Waals surface area contributed by atoms with E-state index < -0.39 is 5.97 Å². The van der Waals surface area contributed by atoms with Crippen molar-refractivity contribution in [3.63, 3.8) is 0 Å². The molecular formula is C21H16N2O5. The van der Waals surface area contributed by atoms with E-state index in [0.717, 1.165) is 0 Å². The van der Waals surface area contributed by atoms with Crippen molar-refractivity contribution in [2.75, 3.05) is 14.2 Å². The molecule has 0 radical (unpaired) electrons. The zero-order chi connectivity index (χ0) is 19.5. The van der Waals surface area contributed by atoms with Crippen molar-refractivity contribution in [2.24, 2.45) is 0 Å². The molecule has 0 aliphatic heterocycles. The highest BCUT2D eigenvalue weighted by Crippen LogP contribution is 2.27. The molecule has 0 amide bonds. The Morgan fingerprint density at radius 1 is 0.929 bits per heavy atom. The van der Waals surface area contributed by atoms with Crippen molar-refractivity contribution in [1.29, 1.82) is 0 Å². The second-order valence-corrected chi connectivity index (χ2v) is 5.85. The van der Waals surface area contributed by atoms with Gasteiger partial charge in [0, 0.05) is 18.3 Å². The number of hydrogen-bond acceptors (Lipinski definition) is 7. The molecule has 4 aromatic rings. The van der Waals surface area contributed by atoms with E-state index in [-0.39, 0.29) is 0 Å². The molecule has 2 heterocycles. The number of nitrogens with zero attached hydrogens (tertiary/aromatic N) is 2. The average Bonchev–Trinajstić information content (AvgIpc) is 3.17. The van der Waals surface area contributed by atoms with Crippen LogP contribution in [0.4, 0.5) is 0 Å². The summed E-state index contributed by atoms with van der Waals surface area (Å²) in [6.07, 6.45) is 1.67. The molecule has 0 fully saturated rings. The lowest BCUT2D eigenvalue weighted by Crippen LogP contribution is -2.09. The highest BCUT2D eigenvalue weighted by atomic mass is 16.5. The normalized spacial score (nSPS) is 10.6. The fraction of sp³-hybridized carbons (Fsp3) is 0.0952. The number of esters is 1. The lowest BCUT2D eigenvalue weighted by atomic mass is 10.2. The molecule has 0 spiro atoms. The zero-order valence-electron chi connectivity index (χ0n) is 15.2. The van der Waals surface area contributed by atoms with Gasteiger partial charge in [0.2, 0.25) is 5.89 Å². The van der Waals surface area contributed by atoms with Gasteiger partial charge < -0.3 is 18.6 Å². The van der Waals surface area contributed by atoms with Gasteiger partial charge in [0.05, 0.1) is 19.8 Å². The first kappa shape index (κ1) is 17.5. The number of fused-ring (bicyclic) bond motifs is 1. The maximum atomic E-state index is 12.5. The van der Waals surface area contributed by atoms with Gasteiger partial charge in [0.1, 0.15) is 28.5 Å². The van der Waals surface area contributed by atoms with Crippen molar-refractivity contribution in [3.8, 4) is 28.8 Å². The van der Waals surface area contributed by atoms with Crippen LogP contribution in [0.25, 0.3) is 22.7 Å². The minimum atomic E-state index is -0.541. The molecular weight excluding hydrogens is 360 g/mol.